The third kappa shape index (κ3) is 2.61. The van der Waals surface area contributed by atoms with E-state index < -0.39 is 0 Å². The summed E-state index contributed by atoms with van der Waals surface area (Å²) < 4.78 is 10.8. The van der Waals surface area contributed by atoms with Gasteiger partial charge in [-0.15, -0.1) is 0 Å². The van der Waals surface area contributed by atoms with E-state index in [1.807, 2.05) is 18.5 Å². The van der Waals surface area contributed by atoms with Crippen LogP contribution in [0.1, 0.15) is 29.9 Å². The van der Waals surface area contributed by atoms with E-state index in [1.54, 1.807) is 0 Å². The molecule has 2 aliphatic rings. The van der Waals surface area contributed by atoms with Gasteiger partial charge in [0.1, 0.15) is 0 Å². The van der Waals surface area contributed by atoms with Crippen molar-refractivity contribution in [3.05, 3.63) is 41.7 Å². The van der Waals surface area contributed by atoms with Crippen LogP contribution in [0.2, 0.25) is 0 Å². The van der Waals surface area contributed by atoms with Gasteiger partial charge in [-0.25, -0.2) is 0 Å². The number of piperidine rings is 1. The number of ether oxygens (including phenoxy) is 2. The van der Waals surface area contributed by atoms with Crippen LogP contribution in [0, 0.1) is 0 Å². The largest absolute Gasteiger partial charge is 0.454 e. The number of rotatable bonds is 3. The van der Waals surface area contributed by atoms with Gasteiger partial charge in [0.25, 0.3) is 0 Å². The molecule has 0 unspecified atom stereocenters. The number of hydrogen-bond donors (Lipinski definition) is 1. The average Bonchev–Trinajstić information content (AvgIpc) is 3.19. The number of hydrogen-bond acceptors (Lipinski definition) is 4. The zero-order valence-electron chi connectivity index (χ0n) is 11.9. The van der Waals surface area contributed by atoms with Gasteiger partial charge >= 0.3 is 0 Å². The van der Waals surface area contributed by atoms with Crippen LogP contribution in [0.15, 0.2) is 30.6 Å². The fourth-order valence-electron chi connectivity index (χ4n) is 3.21. The highest BCUT2D eigenvalue weighted by atomic mass is 16.7. The minimum Gasteiger partial charge on any atom is -0.454 e. The lowest BCUT2D eigenvalue weighted by atomic mass is 9.91. The predicted molar refractivity (Wildman–Crippen MR) is 78.4 cm³/mol. The van der Waals surface area contributed by atoms with Crippen molar-refractivity contribution in [2.45, 2.75) is 25.3 Å². The number of aromatic amines is 1. The average molecular weight is 285 g/mol. The Balaban J connectivity index is 1.36. The number of fused-ring (bicyclic) bond motifs is 1. The summed E-state index contributed by atoms with van der Waals surface area (Å²) in [6.45, 7) is 3.58. The molecule has 2 aliphatic heterocycles. The van der Waals surface area contributed by atoms with E-state index in [2.05, 4.69) is 27.2 Å². The highest BCUT2D eigenvalue weighted by molar-refractivity contribution is 5.44. The molecule has 0 aliphatic carbocycles. The molecule has 3 heterocycles. The van der Waals surface area contributed by atoms with Crippen LogP contribution in [0.25, 0.3) is 0 Å². The molecule has 0 amide bonds. The monoisotopic (exact) mass is 285 g/mol. The van der Waals surface area contributed by atoms with Crippen LogP contribution in [0.4, 0.5) is 0 Å². The Morgan fingerprint density at radius 2 is 2.05 bits per heavy atom. The van der Waals surface area contributed by atoms with Crippen molar-refractivity contribution in [3.8, 4) is 11.5 Å². The van der Waals surface area contributed by atoms with Gasteiger partial charge in [-0.05, 0) is 55.1 Å². The van der Waals surface area contributed by atoms with Gasteiger partial charge in [0.05, 0.1) is 6.20 Å². The summed E-state index contributed by atoms with van der Waals surface area (Å²) >= 11 is 0. The third-order valence-electron chi connectivity index (χ3n) is 4.42. The summed E-state index contributed by atoms with van der Waals surface area (Å²) in [4.78, 5) is 2.51. The molecular weight excluding hydrogens is 266 g/mol. The molecule has 1 N–H and O–H groups in total. The van der Waals surface area contributed by atoms with Gasteiger partial charge in [-0.1, -0.05) is 6.07 Å². The molecule has 0 atom stereocenters. The molecule has 1 aromatic heterocycles. The molecule has 5 heteroatoms. The topological polar surface area (TPSA) is 50.4 Å². The van der Waals surface area contributed by atoms with Crippen LogP contribution in [0.5, 0.6) is 11.5 Å². The van der Waals surface area contributed by atoms with Crippen LogP contribution in [0.3, 0.4) is 0 Å². The van der Waals surface area contributed by atoms with E-state index in [0.717, 1.165) is 31.1 Å². The molecule has 0 radical (unpaired) electrons. The van der Waals surface area contributed by atoms with Crippen molar-refractivity contribution in [2.24, 2.45) is 0 Å². The molecule has 0 saturated carbocycles. The minimum atomic E-state index is 0.342. The lowest BCUT2D eigenvalue weighted by molar-refractivity contribution is 0.173. The summed E-state index contributed by atoms with van der Waals surface area (Å²) in [5, 5.41) is 6.97. The third-order valence-corrected chi connectivity index (χ3v) is 4.42. The quantitative estimate of drug-likeness (QED) is 0.941. The molecule has 0 bridgehead atoms. The summed E-state index contributed by atoms with van der Waals surface area (Å²) in [7, 11) is 0. The number of aromatic nitrogens is 2. The van der Waals surface area contributed by atoms with Crippen LogP contribution in [-0.2, 0) is 6.54 Å². The highest BCUT2D eigenvalue weighted by Crippen LogP contribution is 2.33. The first-order chi connectivity index (χ1) is 10.4. The maximum Gasteiger partial charge on any atom is 0.231 e. The van der Waals surface area contributed by atoms with E-state index in [1.165, 1.54) is 24.0 Å². The summed E-state index contributed by atoms with van der Waals surface area (Å²) in [6, 6.07) is 6.25. The van der Waals surface area contributed by atoms with E-state index in [0.29, 0.717) is 12.7 Å². The molecule has 4 rings (SSSR count). The second-order valence-electron chi connectivity index (χ2n) is 5.77. The fraction of sp³-hybridized carbons (Fsp3) is 0.438. The Hall–Kier alpha value is -2.01. The first kappa shape index (κ1) is 12.7. The van der Waals surface area contributed by atoms with Crippen molar-refractivity contribution in [1.82, 2.24) is 15.1 Å². The Labute approximate surface area is 123 Å². The second-order valence-corrected chi connectivity index (χ2v) is 5.77. The molecular formula is C16H19N3O2. The standard InChI is InChI=1S/C16H19N3O2/c1-2-15-16(21-11-20-15)7-12(1)10-19-5-3-13(4-6-19)14-8-17-18-9-14/h1-2,7-9,13H,3-6,10-11H2,(H,17,18). The highest BCUT2D eigenvalue weighted by Gasteiger charge is 2.22. The second kappa shape index (κ2) is 5.41. The molecule has 110 valence electrons. The first-order valence-electron chi connectivity index (χ1n) is 7.48. The minimum absolute atomic E-state index is 0.342. The molecule has 2 aromatic rings. The maximum atomic E-state index is 5.44. The van der Waals surface area contributed by atoms with Crippen LogP contribution in [-0.4, -0.2) is 35.0 Å². The summed E-state index contributed by atoms with van der Waals surface area (Å²) in [6.07, 6.45) is 6.38. The molecule has 1 fully saturated rings. The zero-order chi connectivity index (χ0) is 14.1. The van der Waals surface area contributed by atoms with Crippen LogP contribution < -0.4 is 9.47 Å². The van der Waals surface area contributed by atoms with E-state index >= 15 is 0 Å². The number of benzene rings is 1. The molecule has 5 nitrogen and oxygen atoms in total. The number of likely N-dealkylation sites (tertiary alicyclic amines) is 1. The Bertz CT molecular complexity index is 604. The fourth-order valence-corrected chi connectivity index (χ4v) is 3.21. The SMILES string of the molecule is c1cc2c(cc1CN1CCC(c3cn[nH]c3)CC1)OCO2. The van der Waals surface area contributed by atoms with Crippen LogP contribution >= 0.6 is 0 Å². The zero-order valence-corrected chi connectivity index (χ0v) is 11.9. The lowest BCUT2D eigenvalue weighted by Gasteiger charge is -2.31. The van der Waals surface area contributed by atoms with Crippen molar-refractivity contribution < 1.29 is 9.47 Å². The van der Waals surface area contributed by atoms with Gasteiger partial charge in [-0.2, -0.15) is 5.10 Å². The van der Waals surface area contributed by atoms with E-state index in [4.69, 9.17) is 9.47 Å². The first-order valence-corrected chi connectivity index (χ1v) is 7.48. The van der Waals surface area contributed by atoms with Gasteiger partial charge in [-0.3, -0.25) is 10.00 Å². The van der Waals surface area contributed by atoms with Gasteiger partial charge in [0, 0.05) is 12.7 Å². The van der Waals surface area contributed by atoms with E-state index in [9.17, 15) is 0 Å². The normalized spacial score (nSPS) is 19.0. The number of H-pyrrole nitrogens is 1. The van der Waals surface area contributed by atoms with Gasteiger partial charge < -0.3 is 9.47 Å². The summed E-state index contributed by atoms with van der Waals surface area (Å²) in [5.41, 5.74) is 2.64. The number of nitrogens with one attached hydrogen (secondary N) is 1. The van der Waals surface area contributed by atoms with E-state index in [-0.39, 0.29) is 0 Å². The molecule has 1 aromatic carbocycles. The van der Waals surface area contributed by atoms with Crippen molar-refractivity contribution in [1.29, 1.82) is 0 Å². The molecule has 0 spiro atoms. The maximum absolute atomic E-state index is 5.44. The predicted octanol–water partition coefficient (Wildman–Crippen LogP) is 2.52. The smallest absolute Gasteiger partial charge is 0.231 e. The van der Waals surface area contributed by atoms with Crippen molar-refractivity contribution in [3.63, 3.8) is 0 Å². The van der Waals surface area contributed by atoms with Gasteiger partial charge in [0.15, 0.2) is 11.5 Å². The number of nitrogens with zero attached hydrogens (tertiary/aromatic N) is 2. The Morgan fingerprint density at radius 3 is 2.86 bits per heavy atom. The van der Waals surface area contributed by atoms with Gasteiger partial charge in [0.2, 0.25) is 6.79 Å². The Kier molecular flexibility index (Phi) is 3.27. The van der Waals surface area contributed by atoms with Crippen molar-refractivity contribution in [2.75, 3.05) is 19.9 Å². The van der Waals surface area contributed by atoms with Crippen molar-refractivity contribution >= 4 is 0 Å². The Morgan fingerprint density at radius 1 is 1.19 bits per heavy atom. The lowest BCUT2D eigenvalue weighted by Crippen LogP contribution is -2.32. The molecule has 1 saturated heterocycles. The summed E-state index contributed by atoms with van der Waals surface area (Å²) in [5.74, 6) is 2.38. The molecule has 21 heavy (non-hydrogen) atoms.